The van der Waals surface area contributed by atoms with E-state index < -0.39 is 0 Å². The maximum Gasteiger partial charge on any atom is 0.119 e. The predicted molar refractivity (Wildman–Crippen MR) is 165 cm³/mol. The van der Waals surface area contributed by atoms with E-state index in [0.29, 0.717) is 33.0 Å². The van der Waals surface area contributed by atoms with Crippen LogP contribution in [0.4, 0.5) is 5.69 Å². The molecule has 0 N–H and O–H groups in total. The van der Waals surface area contributed by atoms with Crippen molar-refractivity contribution in [2.24, 2.45) is 0 Å². The van der Waals surface area contributed by atoms with Gasteiger partial charge in [0.05, 0.1) is 39.9 Å². The summed E-state index contributed by atoms with van der Waals surface area (Å²) in [5, 5.41) is 0. The first-order valence-electron chi connectivity index (χ1n) is 14.1. The lowest BCUT2D eigenvalue weighted by Gasteiger charge is -2.26. The summed E-state index contributed by atoms with van der Waals surface area (Å²) in [6.45, 7) is 4.14. The number of aromatic nitrogens is 2. The molecule has 0 aliphatic carbocycles. The van der Waals surface area contributed by atoms with Crippen LogP contribution in [-0.2, 0) is 29.2 Å². The molecule has 0 radical (unpaired) electrons. The molecule has 1 heterocycles. The molecule has 4 aromatic carbocycles. The minimum atomic E-state index is 0.479. The van der Waals surface area contributed by atoms with Crippen LogP contribution in [0.1, 0.15) is 16.7 Å². The van der Waals surface area contributed by atoms with E-state index in [1.807, 2.05) is 59.6 Å². The lowest BCUT2D eigenvalue weighted by atomic mass is 10.1. The number of nitrogens with zero attached hydrogens (tertiary/aromatic N) is 3. The van der Waals surface area contributed by atoms with E-state index in [-0.39, 0.29) is 0 Å². The molecule has 0 saturated heterocycles. The Labute approximate surface area is 247 Å². The van der Waals surface area contributed by atoms with E-state index >= 15 is 0 Å². The number of imidazole rings is 1. The Balaban J connectivity index is 1.16. The van der Waals surface area contributed by atoms with Crippen molar-refractivity contribution in [1.82, 2.24) is 9.55 Å². The Morgan fingerprint density at radius 3 is 2.14 bits per heavy atom. The molecule has 7 heteroatoms. The van der Waals surface area contributed by atoms with Gasteiger partial charge < -0.3 is 28.4 Å². The van der Waals surface area contributed by atoms with E-state index in [9.17, 15) is 0 Å². The maximum absolute atomic E-state index is 5.93. The van der Waals surface area contributed by atoms with Gasteiger partial charge in [0, 0.05) is 36.9 Å². The molecule has 42 heavy (non-hydrogen) atoms. The van der Waals surface area contributed by atoms with Gasteiger partial charge in [-0.25, -0.2) is 4.98 Å². The molecule has 0 atom stereocenters. The zero-order valence-corrected chi connectivity index (χ0v) is 24.0. The van der Waals surface area contributed by atoms with Crippen LogP contribution in [0, 0.1) is 0 Å². The summed E-state index contributed by atoms with van der Waals surface area (Å²) >= 11 is 0. The van der Waals surface area contributed by atoms with Crippen molar-refractivity contribution in [3.8, 4) is 17.2 Å². The lowest BCUT2D eigenvalue weighted by Crippen LogP contribution is -2.22. The Hall–Kier alpha value is -4.59. The predicted octanol–water partition coefficient (Wildman–Crippen LogP) is 6.70. The molecule has 0 spiro atoms. The van der Waals surface area contributed by atoms with Crippen molar-refractivity contribution in [1.29, 1.82) is 0 Å². The topological polar surface area (TPSA) is 58.0 Å². The van der Waals surface area contributed by atoms with Gasteiger partial charge in [-0.3, -0.25) is 0 Å². The number of benzene rings is 4. The number of methoxy groups -OCH3 is 1. The van der Waals surface area contributed by atoms with Crippen LogP contribution in [0.2, 0.25) is 0 Å². The Bertz CT molecular complexity index is 1470. The van der Waals surface area contributed by atoms with Gasteiger partial charge in [-0.1, -0.05) is 54.6 Å². The largest absolute Gasteiger partial charge is 0.497 e. The van der Waals surface area contributed by atoms with Crippen molar-refractivity contribution in [2.75, 3.05) is 38.4 Å². The zero-order chi connectivity index (χ0) is 28.8. The van der Waals surface area contributed by atoms with Crippen molar-refractivity contribution in [3.05, 3.63) is 139 Å². The highest BCUT2D eigenvalue weighted by molar-refractivity contribution is 5.51. The zero-order valence-electron chi connectivity index (χ0n) is 24.0. The molecule has 0 bridgehead atoms. The average Bonchev–Trinajstić information content (AvgIpc) is 3.59. The third kappa shape index (κ3) is 8.70. The quantitative estimate of drug-likeness (QED) is 0.125. The Morgan fingerprint density at radius 2 is 1.38 bits per heavy atom. The number of anilines is 1. The molecule has 0 unspecified atom stereocenters. The monoisotopic (exact) mass is 563 g/mol. The molecule has 0 aliphatic heterocycles. The van der Waals surface area contributed by atoms with Crippen molar-refractivity contribution in [2.45, 2.75) is 19.7 Å². The molecule has 216 valence electrons. The summed E-state index contributed by atoms with van der Waals surface area (Å²) in [5.41, 5.74) is 5.72. The highest BCUT2D eigenvalue weighted by Gasteiger charge is 2.11. The molecule has 1 aromatic heterocycles. The van der Waals surface area contributed by atoms with Gasteiger partial charge in [0.1, 0.15) is 18.1 Å². The second-order valence-corrected chi connectivity index (χ2v) is 9.84. The highest BCUT2D eigenvalue weighted by atomic mass is 16.5. The van der Waals surface area contributed by atoms with E-state index in [4.69, 9.17) is 18.9 Å². The van der Waals surface area contributed by atoms with Crippen LogP contribution in [0.3, 0.4) is 0 Å². The summed E-state index contributed by atoms with van der Waals surface area (Å²) in [4.78, 5) is 6.54. The third-order valence-electron chi connectivity index (χ3n) is 6.78. The first-order valence-corrected chi connectivity index (χ1v) is 14.1. The molecular formula is C35H37N3O4. The summed E-state index contributed by atoms with van der Waals surface area (Å²) in [5.74, 6) is 1.66. The molecule has 0 fully saturated rings. The first-order chi connectivity index (χ1) is 20.8. The molecule has 0 saturated carbocycles. The standard InChI is InChI=1S/C35H37N3O4/c1-39-35-12-6-10-31(24-35)26-38(25-30-9-5-11-33(23-30)37-18-17-36-28-37)32-13-15-34(16-14-32)42-22-21-40-19-20-41-27-29-7-3-2-4-8-29/h2-18,23-24,28H,19-22,25-27H2,1H3. The van der Waals surface area contributed by atoms with Crippen molar-refractivity contribution < 1.29 is 18.9 Å². The summed E-state index contributed by atoms with van der Waals surface area (Å²) in [7, 11) is 1.70. The van der Waals surface area contributed by atoms with Gasteiger partial charge in [0.2, 0.25) is 0 Å². The fourth-order valence-corrected chi connectivity index (χ4v) is 4.63. The van der Waals surface area contributed by atoms with Crippen LogP contribution in [-0.4, -0.2) is 43.1 Å². The van der Waals surface area contributed by atoms with E-state index in [1.165, 1.54) is 11.1 Å². The number of rotatable bonds is 16. The second kappa shape index (κ2) is 15.4. The molecule has 5 rings (SSSR count). The van der Waals surface area contributed by atoms with Crippen LogP contribution >= 0.6 is 0 Å². The van der Waals surface area contributed by atoms with Crippen molar-refractivity contribution in [3.63, 3.8) is 0 Å². The minimum Gasteiger partial charge on any atom is -0.497 e. The highest BCUT2D eigenvalue weighted by Crippen LogP contribution is 2.25. The van der Waals surface area contributed by atoms with Crippen LogP contribution in [0.5, 0.6) is 11.5 Å². The number of ether oxygens (including phenoxy) is 4. The molecule has 7 nitrogen and oxygen atoms in total. The SMILES string of the molecule is COc1cccc(CN(Cc2cccc(-n3ccnc3)c2)c2ccc(OCCOCCOCc3ccccc3)cc2)c1. The van der Waals surface area contributed by atoms with Crippen LogP contribution in [0.15, 0.2) is 122 Å². The van der Waals surface area contributed by atoms with Crippen molar-refractivity contribution >= 4 is 5.69 Å². The molecule has 0 aliphatic rings. The van der Waals surface area contributed by atoms with Crippen LogP contribution in [0.25, 0.3) is 5.69 Å². The molecule has 5 aromatic rings. The Kier molecular flexibility index (Phi) is 10.6. The number of hydrogen-bond acceptors (Lipinski definition) is 6. The summed E-state index contributed by atoms with van der Waals surface area (Å²) in [6, 6.07) is 35.1. The van der Waals surface area contributed by atoms with Gasteiger partial charge in [-0.2, -0.15) is 0 Å². The van der Waals surface area contributed by atoms with Crippen LogP contribution < -0.4 is 14.4 Å². The third-order valence-corrected chi connectivity index (χ3v) is 6.78. The minimum absolute atomic E-state index is 0.479. The van der Waals surface area contributed by atoms with Gasteiger partial charge >= 0.3 is 0 Å². The fourth-order valence-electron chi connectivity index (χ4n) is 4.63. The number of hydrogen-bond donors (Lipinski definition) is 0. The first kappa shape index (κ1) is 28.9. The molecular weight excluding hydrogens is 526 g/mol. The Morgan fingerprint density at radius 1 is 0.667 bits per heavy atom. The molecule has 0 amide bonds. The smallest absolute Gasteiger partial charge is 0.119 e. The van der Waals surface area contributed by atoms with Gasteiger partial charge in [0.15, 0.2) is 0 Å². The second-order valence-electron chi connectivity index (χ2n) is 9.84. The van der Waals surface area contributed by atoms with Gasteiger partial charge in [-0.15, -0.1) is 0 Å². The fraction of sp³-hybridized carbons (Fsp3) is 0.229. The van der Waals surface area contributed by atoms with Gasteiger partial charge in [0.25, 0.3) is 0 Å². The summed E-state index contributed by atoms with van der Waals surface area (Å²) < 4.78 is 24.7. The van der Waals surface area contributed by atoms with E-state index in [0.717, 1.165) is 41.5 Å². The van der Waals surface area contributed by atoms with E-state index in [2.05, 4.69) is 70.5 Å². The summed E-state index contributed by atoms with van der Waals surface area (Å²) in [6.07, 6.45) is 5.56. The van der Waals surface area contributed by atoms with E-state index in [1.54, 1.807) is 13.3 Å². The average molecular weight is 564 g/mol. The normalized spacial score (nSPS) is 10.9. The van der Waals surface area contributed by atoms with Gasteiger partial charge in [-0.05, 0) is 65.2 Å². The maximum atomic E-state index is 5.93. The lowest BCUT2D eigenvalue weighted by molar-refractivity contribution is 0.0303.